The molecular weight excluding hydrogens is 114 g/mol. The van der Waals surface area contributed by atoms with Crippen LogP contribution in [0, 0.1) is 0 Å². The lowest BCUT2D eigenvalue weighted by molar-refractivity contribution is 0.274. The fourth-order valence-electron chi connectivity index (χ4n) is 0.934. The molecule has 0 aromatic carbocycles. The van der Waals surface area contributed by atoms with Gasteiger partial charge in [0.1, 0.15) is 12.4 Å². The topological polar surface area (TPSA) is 21.3 Å². The molecule has 0 atom stereocenters. The summed E-state index contributed by atoms with van der Waals surface area (Å²) in [6, 6.07) is 0. The maximum atomic E-state index is 5.21. The summed E-state index contributed by atoms with van der Waals surface area (Å²) in [6.07, 6.45) is 7.80. The van der Waals surface area contributed by atoms with Gasteiger partial charge in [-0.2, -0.15) is 0 Å². The van der Waals surface area contributed by atoms with Gasteiger partial charge in [0.15, 0.2) is 0 Å². The van der Waals surface area contributed by atoms with E-state index in [0.717, 1.165) is 11.5 Å². The van der Waals surface area contributed by atoms with E-state index in [2.05, 4.69) is 5.32 Å². The lowest BCUT2D eigenvalue weighted by atomic mass is 10.3. The van der Waals surface area contributed by atoms with Crippen molar-refractivity contribution >= 4 is 0 Å². The molecule has 0 unspecified atom stereocenters. The molecule has 0 aromatic heterocycles. The van der Waals surface area contributed by atoms with E-state index in [9.17, 15) is 0 Å². The summed E-state index contributed by atoms with van der Waals surface area (Å²) in [5.41, 5.74) is 1.09. The zero-order valence-corrected chi connectivity index (χ0v) is 4.92. The van der Waals surface area contributed by atoms with Crippen LogP contribution in [-0.2, 0) is 4.74 Å². The average molecular weight is 121 g/mol. The highest BCUT2D eigenvalue weighted by molar-refractivity contribution is 5.35. The Morgan fingerprint density at radius 2 is 2.56 bits per heavy atom. The molecule has 0 aliphatic carbocycles. The van der Waals surface area contributed by atoms with Crippen molar-refractivity contribution < 1.29 is 4.74 Å². The minimum atomic E-state index is 0.704. The molecule has 2 aliphatic rings. The van der Waals surface area contributed by atoms with Gasteiger partial charge < -0.3 is 10.1 Å². The van der Waals surface area contributed by atoms with Crippen LogP contribution < -0.4 is 5.32 Å². The standard InChI is InChI=1S/C7H7NO/c1-2-7-6(8-4-1)3-5-9-7/h1-4,8H,5H2. The van der Waals surface area contributed by atoms with Crippen LogP contribution in [0.2, 0.25) is 0 Å². The van der Waals surface area contributed by atoms with Crippen LogP contribution in [0.3, 0.4) is 0 Å². The van der Waals surface area contributed by atoms with Gasteiger partial charge in [-0.15, -0.1) is 0 Å². The molecule has 2 rings (SSSR count). The molecule has 0 saturated heterocycles. The molecule has 46 valence electrons. The Balaban J connectivity index is 2.37. The Bertz CT molecular complexity index is 213. The van der Waals surface area contributed by atoms with E-state index < -0.39 is 0 Å². The monoisotopic (exact) mass is 121 g/mol. The quantitative estimate of drug-likeness (QED) is 0.514. The predicted molar refractivity (Wildman–Crippen MR) is 34.4 cm³/mol. The second-order valence-electron chi connectivity index (χ2n) is 1.96. The van der Waals surface area contributed by atoms with E-state index in [1.165, 1.54) is 0 Å². The first kappa shape index (κ1) is 4.68. The maximum absolute atomic E-state index is 5.21. The summed E-state index contributed by atoms with van der Waals surface area (Å²) in [5, 5.41) is 3.07. The second kappa shape index (κ2) is 1.65. The van der Waals surface area contributed by atoms with Crippen LogP contribution in [0.5, 0.6) is 0 Å². The predicted octanol–water partition coefficient (Wildman–Crippen LogP) is 0.901. The van der Waals surface area contributed by atoms with Crippen LogP contribution in [0.15, 0.2) is 35.9 Å². The van der Waals surface area contributed by atoms with E-state index in [1.807, 2.05) is 24.4 Å². The van der Waals surface area contributed by atoms with Crippen molar-refractivity contribution in [1.29, 1.82) is 0 Å². The van der Waals surface area contributed by atoms with E-state index >= 15 is 0 Å². The van der Waals surface area contributed by atoms with Gasteiger partial charge in [-0.05, 0) is 18.2 Å². The molecule has 2 aliphatic heterocycles. The number of hydrogen-bond donors (Lipinski definition) is 1. The lowest BCUT2D eigenvalue weighted by Gasteiger charge is -2.06. The number of allylic oxidation sites excluding steroid dienone is 2. The van der Waals surface area contributed by atoms with Gasteiger partial charge in [-0.1, -0.05) is 0 Å². The average Bonchev–Trinajstić information content (AvgIpc) is 2.33. The van der Waals surface area contributed by atoms with Crippen molar-refractivity contribution in [3.05, 3.63) is 35.9 Å². The molecule has 0 amide bonds. The van der Waals surface area contributed by atoms with Crippen molar-refractivity contribution in [2.75, 3.05) is 6.61 Å². The molecule has 0 aromatic rings. The molecule has 0 saturated carbocycles. The summed E-state index contributed by atoms with van der Waals surface area (Å²) in [5.74, 6) is 0.956. The molecule has 2 heteroatoms. The van der Waals surface area contributed by atoms with E-state index in [-0.39, 0.29) is 0 Å². The lowest BCUT2D eigenvalue weighted by Crippen LogP contribution is -2.07. The Morgan fingerprint density at radius 3 is 3.44 bits per heavy atom. The van der Waals surface area contributed by atoms with E-state index in [0.29, 0.717) is 6.61 Å². The first-order valence-corrected chi connectivity index (χ1v) is 2.93. The third-order valence-corrected chi connectivity index (χ3v) is 1.37. The number of fused-ring (bicyclic) bond motifs is 1. The van der Waals surface area contributed by atoms with Gasteiger partial charge in [0.2, 0.25) is 0 Å². The van der Waals surface area contributed by atoms with Gasteiger partial charge in [0.25, 0.3) is 0 Å². The van der Waals surface area contributed by atoms with Gasteiger partial charge in [-0.3, -0.25) is 0 Å². The van der Waals surface area contributed by atoms with Crippen molar-refractivity contribution in [3.63, 3.8) is 0 Å². The Labute approximate surface area is 53.5 Å². The molecule has 0 radical (unpaired) electrons. The minimum absolute atomic E-state index is 0.704. The van der Waals surface area contributed by atoms with Crippen LogP contribution >= 0.6 is 0 Å². The van der Waals surface area contributed by atoms with Crippen LogP contribution in [0.4, 0.5) is 0 Å². The fraction of sp³-hybridized carbons (Fsp3) is 0.143. The number of ether oxygens (including phenoxy) is 1. The largest absolute Gasteiger partial charge is 0.487 e. The molecule has 2 heterocycles. The Morgan fingerprint density at radius 1 is 1.56 bits per heavy atom. The van der Waals surface area contributed by atoms with Gasteiger partial charge in [0.05, 0.1) is 5.70 Å². The fourth-order valence-corrected chi connectivity index (χ4v) is 0.934. The van der Waals surface area contributed by atoms with Crippen LogP contribution in [0.25, 0.3) is 0 Å². The number of dihydropyridines is 1. The summed E-state index contributed by atoms with van der Waals surface area (Å²) in [7, 11) is 0. The van der Waals surface area contributed by atoms with Gasteiger partial charge in [-0.25, -0.2) is 0 Å². The highest BCUT2D eigenvalue weighted by Crippen LogP contribution is 2.17. The van der Waals surface area contributed by atoms with Crippen LogP contribution in [0.1, 0.15) is 0 Å². The summed E-state index contributed by atoms with van der Waals surface area (Å²) >= 11 is 0. The van der Waals surface area contributed by atoms with E-state index in [1.54, 1.807) is 0 Å². The first-order valence-electron chi connectivity index (χ1n) is 2.93. The summed E-state index contributed by atoms with van der Waals surface area (Å²) in [4.78, 5) is 0. The molecule has 0 bridgehead atoms. The first-order chi connectivity index (χ1) is 4.47. The molecule has 1 N–H and O–H groups in total. The maximum Gasteiger partial charge on any atom is 0.143 e. The van der Waals surface area contributed by atoms with Crippen molar-refractivity contribution in [3.8, 4) is 0 Å². The molecule has 0 spiro atoms. The Hall–Kier alpha value is -1.18. The Kier molecular flexibility index (Phi) is 0.859. The zero-order chi connectivity index (χ0) is 6.10. The van der Waals surface area contributed by atoms with Gasteiger partial charge in [0, 0.05) is 6.20 Å². The van der Waals surface area contributed by atoms with Crippen molar-refractivity contribution in [2.45, 2.75) is 0 Å². The van der Waals surface area contributed by atoms with Gasteiger partial charge >= 0.3 is 0 Å². The zero-order valence-electron chi connectivity index (χ0n) is 4.92. The summed E-state index contributed by atoms with van der Waals surface area (Å²) < 4.78 is 5.21. The van der Waals surface area contributed by atoms with Crippen LogP contribution in [-0.4, -0.2) is 6.61 Å². The number of nitrogens with one attached hydrogen (secondary N) is 1. The van der Waals surface area contributed by atoms with E-state index in [4.69, 9.17) is 4.74 Å². The third-order valence-electron chi connectivity index (χ3n) is 1.37. The normalized spacial score (nSPS) is 21.3. The van der Waals surface area contributed by atoms with Crippen molar-refractivity contribution in [1.82, 2.24) is 5.32 Å². The highest BCUT2D eigenvalue weighted by atomic mass is 16.5. The molecule has 2 nitrogen and oxygen atoms in total. The minimum Gasteiger partial charge on any atom is -0.487 e. The highest BCUT2D eigenvalue weighted by Gasteiger charge is 2.11. The second-order valence-corrected chi connectivity index (χ2v) is 1.96. The molecule has 9 heavy (non-hydrogen) atoms. The SMILES string of the molecule is C1=CNC2=CCOC2=C1. The number of rotatable bonds is 0. The molecular formula is C7H7NO. The summed E-state index contributed by atoms with van der Waals surface area (Å²) in [6.45, 7) is 0.704. The van der Waals surface area contributed by atoms with Crippen molar-refractivity contribution in [2.24, 2.45) is 0 Å². The molecule has 0 fully saturated rings. The number of hydrogen-bond acceptors (Lipinski definition) is 2. The smallest absolute Gasteiger partial charge is 0.143 e. The third kappa shape index (κ3) is 0.633.